The first-order chi connectivity index (χ1) is 25.8. The van der Waals surface area contributed by atoms with Crippen molar-refractivity contribution in [2.45, 2.75) is 5.66 Å². The van der Waals surface area contributed by atoms with E-state index in [0.29, 0.717) is 0 Å². The van der Waals surface area contributed by atoms with Gasteiger partial charge in [0.25, 0.3) is 0 Å². The number of pyridine rings is 4. The minimum atomic E-state index is -0.727. The standard InChI is InChI=1S/C47H24N4O/c1-3-11-27-25(9-1)18-22-36-39(27)33-21-24-38-51-44(33)45-40(31-13-5-7-15-34(31)48(36)45)47(51)41-32-14-6-8-16-35(32)49-42-28-12-4-2-10-26(28)17-19-29(42)30-20-23-37(52-38)50(47)43(30)46(41)49/h1-24H/q+2. The third-order valence-electron chi connectivity index (χ3n) is 12.8. The lowest BCUT2D eigenvalue weighted by atomic mass is 9.90. The highest BCUT2D eigenvalue weighted by Crippen LogP contribution is 2.56. The number of ether oxygens (including phenoxy) is 1. The molecular weight excluding hydrogens is 637 g/mol. The molecule has 3 aliphatic heterocycles. The van der Waals surface area contributed by atoms with Crippen molar-refractivity contribution >= 4 is 98.0 Å². The zero-order chi connectivity index (χ0) is 33.2. The molecule has 0 fully saturated rings. The van der Waals surface area contributed by atoms with Gasteiger partial charge in [-0.2, -0.15) is 0 Å². The third-order valence-corrected chi connectivity index (χ3v) is 12.8. The fraction of sp³-hybridized carbons (Fsp3) is 0.0213. The van der Waals surface area contributed by atoms with Crippen LogP contribution >= 0.6 is 0 Å². The first kappa shape index (κ1) is 25.0. The van der Waals surface area contributed by atoms with Crippen molar-refractivity contribution < 1.29 is 13.9 Å². The monoisotopic (exact) mass is 660 g/mol. The summed E-state index contributed by atoms with van der Waals surface area (Å²) < 4.78 is 17.3. The Morgan fingerprint density at radius 3 is 1.67 bits per heavy atom. The lowest BCUT2D eigenvalue weighted by Crippen LogP contribution is -2.74. The zero-order valence-corrected chi connectivity index (χ0v) is 27.6. The minimum absolute atomic E-state index is 0.727. The summed E-state index contributed by atoms with van der Waals surface area (Å²) >= 11 is 0. The van der Waals surface area contributed by atoms with E-state index in [0.717, 1.165) is 11.8 Å². The van der Waals surface area contributed by atoms with E-state index in [4.69, 9.17) is 4.74 Å². The summed E-state index contributed by atoms with van der Waals surface area (Å²) in [7, 11) is 0. The first-order valence-electron chi connectivity index (χ1n) is 18.0. The maximum atomic E-state index is 7.06. The smallest absolute Gasteiger partial charge is 0.348 e. The molecule has 1 atom stereocenters. The quantitative estimate of drug-likeness (QED) is 0.117. The van der Waals surface area contributed by atoms with Crippen LogP contribution in [0.2, 0.25) is 0 Å². The number of hydrogen-bond donors (Lipinski definition) is 0. The Hall–Kier alpha value is -6.98. The van der Waals surface area contributed by atoms with Gasteiger partial charge in [-0.25, -0.2) is 0 Å². The third kappa shape index (κ3) is 2.32. The van der Waals surface area contributed by atoms with Crippen LogP contribution in [0.3, 0.4) is 0 Å². The molecule has 12 aromatic rings. The van der Waals surface area contributed by atoms with Crippen molar-refractivity contribution in [1.29, 1.82) is 0 Å². The lowest BCUT2D eigenvalue weighted by molar-refractivity contribution is -0.958. The van der Waals surface area contributed by atoms with Crippen molar-refractivity contribution in [2.24, 2.45) is 0 Å². The normalized spacial score (nSPS) is 16.7. The molecule has 0 amide bonds. The Morgan fingerprint density at radius 1 is 0.385 bits per heavy atom. The van der Waals surface area contributed by atoms with E-state index in [1.807, 2.05) is 0 Å². The number of hydrogen-bond acceptors (Lipinski definition) is 1. The van der Waals surface area contributed by atoms with Crippen LogP contribution in [0.25, 0.3) is 98.0 Å². The predicted octanol–water partition coefficient (Wildman–Crippen LogP) is 10.0. The molecular formula is C47H24N4O+2. The fourth-order valence-electron chi connectivity index (χ4n) is 11.1. The van der Waals surface area contributed by atoms with Gasteiger partial charge in [-0.05, 0) is 46.5 Å². The summed E-state index contributed by atoms with van der Waals surface area (Å²) in [4.78, 5) is 0. The Kier molecular flexibility index (Phi) is 3.77. The second kappa shape index (κ2) is 7.83. The molecule has 0 bridgehead atoms. The summed E-state index contributed by atoms with van der Waals surface area (Å²) in [6.07, 6.45) is 0. The van der Waals surface area contributed by atoms with E-state index in [2.05, 4.69) is 164 Å². The molecule has 52 heavy (non-hydrogen) atoms. The highest BCUT2D eigenvalue weighted by Gasteiger charge is 2.72. The van der Waals surface area contributed by atoms with Crippen molar-refractivity contribution in [3.8, 4) is 11.8 Å². The maximum Gasteiger partial charge on any atom is 0.428 e. The molecule has 0 radical (unpaired) electrons. The molecule has 6 aromatic heterocycles. The Labute approximate surface area is 293 Å². The van der Waals surface area contributed by atoms with Crippen LogP contribution in [0.5, 0.6) is 11.8 Å². The van der Waals surface area contributed by atoms with Crippen molar-refractivity contribution in [3.05, 3.63) is 157 Å². The number of nitrogens with zero attached hydrogens (tertiary/aromatic N) is 4. The van der Waals surface area contributed by atoms with Crippen LogP contribution in [0.15, 0.2) is 146 Å². The van der Waals surface area contributed by atoms with E-state index < -0.39 is 5.66 Å². The maximum absolute atomic E-state index is 7.06. The van der Waals surface area contributed by atoms with Crippen LogP contribution in [-0.2, 0) is 5.66 Å². The van der Waals surface area contributed by atoms with Crippen molar-refractivity contribution in [2.75, 3.05) is 0 Å². The van der Waals surface area contributed by atoms with Gasteiger partial charge in [0.1, 0.15) is 22.2 Å². The second-order valence-corrected chi connectivity index (χ2v) is 14.8. The van der Waals surface area contributed by atoms with Gasteiger partial charge >= 0.3 is 17.4 Å². The topological polar surface area (TPSA) is 25.8 Å². The van der Waals surface area contributed by atoms with Crippen molar-refractivity contribution in [3.63, 3.8) is 0 Å². The van der Waals surface area contributed by atoms with Gasteiger partial charge in [-0.15, -0.1) is 0 Å². The van der Waals surface area contributed by atoms with Crippen LogP contribution < -0.4 is 13.9 Å². The first-order valence-corrected chi connectivity index (χ1v) is 18.0. The number of rotatable bonds is 0. The summed E-state index contributed by atoms with van der Waals surface area (Å²) in [6.45, 7) is 0. The second-order valence-electron chi connectivity index (χ2n) is 14.8. The van der Waals surface area contributed by atoms with Crippen molar-refractivity contribution in [1.82, 2.24) is 8.80 Å². The van der Waals surface area contributed by atoms with E-state index in [9.17, 15) is 0 Å². The molecule has 9 heterocycles. The highest BCUT2D eigenvalue weighted by atomic mass is 16.5. The molecule has 0 N–H and O–H groups in total. The van der Waals surface area contributed by atoms with Gasteiger partial charge in [-0.1, -0.05) is 112 Å². The van der Waals surface area contributed by atoms with E-state index in [1.165, 1.54) is 109 Å². The molecule has 5 nitrogen and oxygen atoms in total. The number of aromatic nitrogens is 4. The molecule has 3 aliphatic rings. The van der Waals surface area contributed by atoms with Gasteiger partial charge < -0.3 is 13.5 Å². The van der Waals surface area contributed by atoms with E-state index >= 15 is 0 Å². The molecule has 1 unspecified atom stereocenters. The minimum Gasteiger partial charge on any atom is -0.348 e. The summed E-state index contributed by atoms with van der Waals surface area (Å²) in [6, 6.07) is 54.0. The molecule has 0 saturated carbocycles. The SMILES string of the molecule is c1ccc2c(c1)ccc1c2c2ccc3[n+]4c2c2c(c5ccccc5n12)C41c2c4ccccc4n4c2c2c(ccc([n+]21)O3)c1ccc2ccccc2c14. The summed E-state index contributed by atoms with van der Waals surface area (Å²) in [5.41, 5.74) is 11.8. The molecule has 15 rings (SSSR count). The Morgan fingerprint density at radius 2 is 0.923 bits per heavy atom. The van der Waals surface area contributed by atoms with Crippen LogP contribution in [0.1, 0.15) is 11.1 Å². The average Bonchev–Trinajstić information content (AvgIpc) is 3.92. The summed E-state index contributed by atoms with van der Waals surface area (Å²) in [5.74, 6) is 1.72. The summed E-state index contributed by atoms with van der Waals surface area (Å²) in [5, 5.41) is 12.6. The lowest BCUT2D eigenvalue weighted by Gasteiger charge is -2.24. The van der Waals surface area contributed by atoms with Crippen LogP contribution in [-0.4, -0.2) is 8.80 Å². The average molecular weight is 661 g/mol. The molecule has 236 valence electrons. The number of benzene rings is 6. The van der Waals surface area contributed by atoms with Gasteiger partial charge in [0.05, 0.1) is 45.0 Å². The van der Waals surface area contributed by atoms with Crippen LogP contribution in [0, 0.1) is 0 Å². The molecule has 6 aromatic carbocycles. The van der Waals surface area contributed by atoms with Gasteiger partial charge in [0.15, 0.2) is 0 Å². The van der Waals surface area contributed by atoms with E-state index in [-0.39, 0.29) is 0 Å². The molecule has 0 aliphatic carbocycles. The van der Waals surface area contributed by atoms with E-state index in [1.54, 1.807) is 0 Å². The number of fused-ring (bicyclic) bond motifs is 16. The molecule has 5 heteroatoms. The predicted molar refractivity (Wildman–Crippen MR) is 207 cm³/mol. The van der Waals surface area contributed by atoms with Crippen LogP contribution in [0.4, 0.5) is 0 Å². The highest BCUT2D eigenvalue weighted by molar-refractivity contribution is 6.26. The Balaban J connectivity index is 1.31. The number of para-hydroxylation sites is 2. The van der Waals surface area contributed by atoms with Gasteiger partial charge in [0, 0.05) is 26.9 Å². The van der Waals surface area contributed by atoms with Gasteiger partial charge in [-0.3, -0.25) is 0 Å². The molecule has 1 spiro atoms. The Bertz CT molecular complexity index is 3790. The van der Waals surface area contributed by atoms with Gasteiger partial charge in [0.2, 0.25) is 11.0 Å². The zero-order valence-electron chi connectivity index (χ0n) is 27.6. The largest absolute Gasteiger partial charge is 0.428 e. The fourth-order valence-corrected chi connectivity index (χ4v) is 11.1. The molecule has 0 saturated heterocycles.